The number of hydrogen-bond donors (Lipinski definition) is 1. The molecule has 0 fully saturated rings. The number of nitrogens with zero attached hydrogens (tertiary/aromatic N) is 2. The molecule has 1 amide bonds. The first kappa shape index (κ1) is 12.2. The number of benzene rings is 1. The predicted octanol–water partition coefficient (Wildman–Crippen LogP) is 1.79. The second-order valence-corrected chi connectivity index (χ2v) is 3.89. The lowest BCUT2D eigenvalue weighted by Gasteiger charge is -2.05. The quantitative estimate of drug-likeness (QED) is 0.895. The number of ether oxygens (including phenoxy) is 1. The molecular weight excluding hydrogens is 230 g/mol. The summed E-state index contributed by atoms with van der Waals surface area (Å²) in [7, 11) is 3.31. The molecule has 0 saturated carbocycles. The van der Waals surface area contributed by atoms with Crippen molar-refractivity contribution < 1.29 is 9.53 Å². The first-order chi connectivity index (χ1) is 8.60. The molecule has 1 radical (unpaired) electrons. The highest BCUT2D eigenvalue weighted by atomic mass is 16.5. The summed E-state index contributed by atoms with van der Waals surface area (Å²) in [4.78, 5) is 12.0. The molecule has 0 aliphatic carbocycles. The standard InChI is InChI=1S/C13H14N3O2/c1-9-8-12(16(2)15-9)13(17)14-10-4-6-11(18-3)7-5-10/h4-6,8H,1-3H3,(H,14,17). The Kier molecular flexibility index (Phi) is 3.32. The molecule has 5 nitrogen and oxygen atoms in total. The number of methoxy groups -OCH3 is 1. The summed E-state index contributed by atoms with van der Waals surface area (Å²) in [5.74, 6) is 0.432. The fourth-order valence-corrected chi connectivity index (χ4v) is 1.63. The Balaban J connectivity index is 2.13. The molecular formula is C13H14N3O2. The third-order valence-electron chi connectivity index (χ3n) is 2.50. The van der Waals surface area contributed by atoms with E-state index in [9.17, 15) is 4.79 Å². The summed E-state index contributed by atoms with van der Waals surface area (Å²) in [6.45, 7) is 1.85. The molecule has 1 aromatic carbocycles. The van der Waals surface area contributed by atoms with Crippen molar-refractivity contribution >= 4 is 11.6 Å². The van der Waals surface area contributed by atoms with Crippen LogP contribution in [0.1, 0.15) is 16.2 Å². The van der Waals surface area contributed by atoms with Crippen LogP contribution in [0.3, 0.4) is 0 Å². The summed E-state index contributed by atoms with van der Waals surface area (Å²) < 4.78 is 6.55. The van der Waals surface area contributed by atoms with Crippen LogP contribution in [0.4, 0.5) is 5.69 Å². The average Bonchev–Trinajstić information content (AvgIpc) is 2.69. The van der Waals surface area contributed by atoms with Gasteiger partial charge in [0.15, 0.2) is 0 Å². The van der Waals surface area contributed by atoms with E-state index in [1.165, 1.54) is 0 Å². The number of nitrogens with one attached hydrogen (secondary N) is 1. The smallest absolute Gasteiger partial charge is 0.273 e. The Labute approximate surface area is 105 Å². The third kappa shape index (κ3) is 2.51. The fourth-order valence-electron chi connectivity index (χ4n) is 1.63. The number of anilines is 1. The van der Waals surface area contributed by atoms with Crippen LogP contribution in [0, 0.1) is 13.0 Å². The molecule has 0 aliphatic heterocycles. The van der Waals surface area contributed by atoms with Crippen LogP contribution < -0.4 is 10.1 Å². The van der Waals surface area contributed by atoms with E-state index in [2.05, 4.69) is 16.5 Å². The molecule has 0 spiro atoms. The summed E-state index contributed by atoms with van der Waals surface area (Å²) in [5, 5.41) is 6.91. The molecule has 18 heavy (non-hydrogen) atoms. The lowest BCUT2D eigenvalue weighted by molar-refractivity contribution is 0.101. The van der Waals surface area contributed by atoms with Gasteiger partial charge < -0.3 is 10.1 Å². The van der Waals surface area contributed by atoms with Crippen LogP contribution in [0.25, 0.3) is 0 Å². The normalized spacial score (nSPS) is 10.2. The summed E-state index contributed by atoms with van der Waals surface area (Å²) >= 11 is 0. The third-order valence-corrected chi connectivity index (χ3v) is 2.50. The molecule has 2 aromatic rings. The van der Waals surface area contributed by atoms with Gasteiger partial charge >= 0.3 is 0 Å². The van der Waals surface area contributed by atoms with Crippen molar-refractivity contribution in [1.29, 1.82) is 0 Å². The SMILES string of the molecule is COc1[c]cc(NC(=O)c2cc(C)nn2C)cc1. The number of hydrogen-bond acceptors (Lipinski definition) is 3. The van der Waals surface area contributed by atoms with Crippen LogP contribution in [-0.4, -0.2) is 22.8 Å². The van der Waals surface area contributed by atoms with Gasteiger partial charge in [-0.05, 0) is 31.2 Å². The maximum atomic E-state index is 12.0. The van der Waals surface area contributed by atoms with Gasteiger partial charge in [0.1, 0.15) is 11.4 Å². The van der Waals surface area contributed by atoms with E-state index >= 15 is 0 Å². The maximum Gasteiger partial charge on any atom is 0.273 e. The lowest BCUT2D eigenvalue weighted by Crippen LogP contribution is -2.15. The van der Waals surface area contributed by atoms with Gasteiger partial charge in [0.05, 0.1) is 12.8 Å². The van der Waals surface area contributed by atoms with Gasteiger partial charge in [0, 0.05) is 18.8 Å². The van der Waals surface area contributed by atoms with Gasteiger partial charge in [-0.2, -0.15) is 5.10 Å². The van der Waals surface area contributed by atoms with E-state index in [4.69, 9.17) is 4.74 Å². The van der Waals surface area contributed by atoms with E-state index in [0.29, 0.717) is 17.1 Å². The van der Waals surface area contributed by atoms with Crippen molar-refractivity contribution in [2.45, 2.75) is 6.92 Å². The van der Waals surface area contributed by atoms with Crippen molar-refractivity contribution in [3.63, 3.8) is 0 Å². The van der Waals surface area contributed by atoms with Crippen molar-refractivity contribution in [1.82, 2.24) is 9.78 Å². The van der Waals surface area contributed by atoms with Gasteiger partial charge in [-0.15, -0.1) is 0 Å². The largest absolute Gasteiger partial charge is 0.496 e. The summed E-state index contributed by atoms with van der Waals surface area (Å²) in [6, 6.07) is 9.81. The lowest BCUT2D eigenvalue weighted by atomic mass is 10.3. The molecule has 93 valence electrons. The topological polar surface area (TPSA) is 56.1 Å². The van der Waals surface area contributed by atoms with E-state index in [-0.39, 0.29) is 5.91 Å². The molecule has 0 aliphatic rings. The molecule has 1 heterocycles. The van der Waals surface area contributed by atoms with Crippen LogP contribution in [0.5, 0.6) is 5.75 Å². The van der Waals surface area contributed by atoms with Gasteiger partial charge in [-0.1, -0.05) is 0 Å². The number of aromatic nitrogens is 2. The number of rotatable bonds is 3. The van der Waals surface area contributed by atoms with Gasteiger partial charge in [0.25, 0.3) is 5.91 Å². The van der Waals surface area contributed by atoms with E-state index in [1.54, 1.807) is 43.1 Å². The number of carbonyl (C=O) groups is 1. The Morgan fingerprint density at radius 3 is 2.78 bits per heavy atom. The second kappa shape index (κ2) is 4.91. The minimum absolute atomic E-state index is 0.198. The van der Waals surface area contributed by atoms with Crippen LogP contribution in [0.15, 0.2) is 24.3 Å². The van der Waals surface area contributed by atoms with Crippen molar-refractivity contribution in [2.75, 3.05) is 12.4 Å². The summed E-state index contributed by atoms with van der Waals surface area (Å²) in [5.41, 5.74) is 1.99. The zero-order valence-electron chi connectivity index (χ0n) is 10.5. The molecule has 1 N–H and O–H groups in total. The van der Waals surface area contributed by atoms with Crippen LogP contribution in [0.2, 0.25) is 0 Å². The maximum absolute atomic E-state index is 12.0. The minimum atomic E-state index is -0.198. The van der Waals surface area contributed by atoms with Gasteiger partial charge in [-0.3, -0.25) is 9.48 Å². The van der Waals surface area contributed by atoms with Crippen LogP contribution in [-0.2, 0) is 7.05 Å². The second-order valence-electron chi connectivity index (χ2n) is 3.89. The number of aryl methyl sites for hydroxylation is 2. The first-order valence-electron chi connectivity index (χ1n) is 5.48. The Hall–Kier alpha value is -2.30. The average molecular weight is 244 g/mol. The molecule has 2 rings (SSSR count). The molecule has 0 bridgehead atoms. The molecule has 0 unspecified atom stereocenters. The van der Waals surface area contributed by atoms with Crippen molar-refractivity contribution in [3.8, 4) is 5.75 Å². The number of carbonyl (C=O) groups excluding carboxylic acids is 1. The zero-order valence-corrected chi connectivity index (χ0v) is 10.5. The molecule has 5 heteroatoms. The minimum Gasteiger partial charge on any atom is -0.496 e. The highest BCUT2D eigenvalue weighted by Crippen LogP contribution is 2.15. The van der Waals surface area contributed by atoms with E-state index < -0.39 is 0 Å². The Morgan fingerprint density at radius 2 is 2.28 bits per heavy atom. The van der Waals surface area contributed by atoms with Crippen molar-refractivity contribution in [2.24, 2.45) is 7.05 Å². The Bertz CT molecular complexity index is 558. The molecule has 1 aromatic heterocycles. The molecule has 0 atom stereocenters. The zero-order chi connectivity index (χ0) is 13.1. The van der Waals surface area contributed by atoms with Crippen molar-refractivity contribution in [3.05, 3.63) is 41.7 Å². The first-order valence-corrected chi connectivity index (χ1v) is 5.48. The Morgan fingerprint density at radius 1 is 1.50 bits per heavy atom. The summed E-state index contributed by atoms with van der Waals surface area (Å²) in [6.07, 6.45) is 0. The monoisotopic (exact) mass is 244 g/mol. The van der Waals surface area contributed by atoms with Gasteiger partial charge in [0.2, 0.25) is 0 Å². The highest BCUT2D eigenvalue weighted by Gasteiger charge is 2.11. The fraction of sp³-hybridized carbons (Fsp3) is 0.231. The number of amides is 1. The molecule has 0 saturated heterocycles. The van der Waals surface area contributed by atoms with Crippen LogP contribution >= 0.6 is 0 Å². The van der Waals surface area contributed by atoms with E-state index in [1.807, 2.05) is 6.92 Å². The predicted molar refractivity (Wildman–Crippen MR) is 67.7 cm³/mol. The van der Waals surface area contributed by atoms with E-state index in [0.717, 1.165) is 5.69 Å². The highest BCUT2D eigenvalue weighted by molar-refractivity contribution is 6.03. The van der Waals surface area contributed by atoms with Gasteiger partial charge in [-0.25, -0.2) is 0 Å².